The lowest BCUT2D eigenvalue weighted by Crippen LogP contribution is -2.41. The first-order valence-corrected chi connectivity index (χ1v) is 7.68. The van der Waals surface area contributed by atoms with E-state index in [1.807, 2.05) is 0 Å². The van der Waals surface area contributed by atoms with E-state index in [9.17, 15) is 13.2 Å². The molecule has 1 aliphatic carbocycles. The van der Waals surface area contributed by atoms with Crippen LogP contribution in [-0.4, -0.2) is 18.5 Å². The molecular weight excluding hydrogens is 303 g/mol. The van der Waals surface area contributed by atoms with Crippen LogP contribution in [0.25, 0.3) is 0 Å². The van der Waals surface area contributed by atoms with E-state index in [0.717, 1.165) is 25.0 Å². The molecule has 3 N–H and O–H groups in total. The van der Waals surface area contributed by atoms with E-state index in [2.05, 4.69) is 22.2 Å². The molecule has 23 heavy (non-hydrogen) atoms. The van der Waals surface area contributed by atoms with Gasteiger partial charge in [-0.25, -0.2) is 4.99 Å². The third-order valence-corrected chi connectivity index (χ3v) is 3.73. The molecule has 0 bridgehead atoms. The van der Waals surface area contributed by atoms with Gasteiger partial charge in [0.25, 0.3) is 0 Å². The van der Waals surface area contributed by atoms with Gasteiger partial charge in [0.15, 0.2) is 5.96 Å². The Morgan fingerprint density at radius 2 is 1.83 bits per heavy atom. The minimum atomic E-state index is -4.32. The summed E-state index contributed by atoms with van der Waals surface area (Å²) in [5.41, 5.74) is 5.64. The molecule has 0 saturated heterocycles. The molecule has 0 heterocycles. The molecule has 1 aromatic carbocycles. The van der Waals surface area contributed by atoms with Crippen molar-refractivity contribution in [2.75, 3.05) is 6.54 Å². The van der Waals surface area contributed by atoms with Crippen LogP contribution < -0.4 is 11.1 Å². The fraction of sp³-hybridized carbons (Fsp3) is 0.471. The summed E-state index contributed by atoms with van der Waals surface area (Å²) in [7, 11) is 0. The van der Waals surface area contributed by atoms with Gasteiger partial charge in [-0.1, -0.05) is 31.1 Å². The first-order chi connectivity index (χ1) is 10.9. The maximum atomic E-state index is 12.4. The number of hydrogen-bond acceptors (Lipinski definition) is 1. The van der Waals surface area contributed by atoms with Crippen molar-refractivity contribution in [3.8, 4) is 11.8 Å². The zero-order valence-electron chi connectivity index (χ0n) is 12.8. The maximum Gasteiger partial charge on any atom is 0.416 e. The van der Waals surface area contributed by atoms with Crippen LogP contribution in [0.15, 0.2) is 29.3 Å². The number of rotatable bonds is 2. The first kappa shape index (κ1) is 17.2. The van der Waals surface area contributed by atoms with Gasteiger partial charge in [0.2, 0.25) is 0 Å². The largest absolute Gasteiger partial charge is 0.416 e. The second-order valence-corrected chi connectivity index (χ2v) is 5.56. The fourth-order valence-corrected chi connectivity index (χ4v) is 2.51. The third kappa shape index (κ3) is 5.85. The number of nitrogens with one attached hydrogen (secondary N) is 1. The van der Waals surface area contributed by atoms with Crippen molar-refractivity contribution < 1.29 is 13.2 Å². The summed E-state index contributed by atoms with van der Waals surface area (Å²) >= 11 is 0. The number of hydrogen-bond donors (Lipinski definition) is 2. The lowest BCUT2D eigenvalue weighted by atomic mass is 9.96. The van der Waals surface area contributed by atoms with Crippen molar-refractivity contribution in [1.82, 2.24) is 5.32 Å². The number of nitrogens with two attached hydrogens (primary N) is 1. The number of nitrogens with zero attached hydrogens (tertiary/aromatic N) is 1. The molecule has 0 spiro atoms. The monoisotopic (exact) mass is 323 g/mol. The summed E-state index contributed by atoms with van der Waals surface area (Å²) < 4.78 is 37.3. The molecular formula is C17H20F3N3. The van der Waals surface area contributed by atoms with E-state index in [1.54, 1.807) is 0 Å². The Morgan fingerprint density at radius 3 is 2.43 bits per heavy atom. The second kappa shape index (κ2) is 7.91. The predicted molar refractivity (Wildman–Crippen MR) is 84.8 cm³/mol. The molecule has 3 nitrogen and oxygen atoms in total. The van der Waals surface area contributed by atoms with Crippen molar-refractivity contribution in [3.05, 3.63) is 35.4 Å². The van der Waals surface area contributed by atoms with Crippen molar-refractivity contribution in [2.45, 2.75) is 44.3 Å². The van der Waals surface area contributed by atoms with Crippen molar-refractivity contribution >= 4 is 5.96 Å². The highest BCUT2D eigenvalue weighted by Crippen LogP contribution is 2.28. The Kier molecular flexibility index (Phi) is 5.91. The third-order valence-electron chi connectivity index (χ3n) is 3.73. The van der Waals surface area contributed by atoms with E-state index < -0.39 is 11.7 Å². The Balaban J connectivity index is 1.83. The van der Waals surface area contributed by atoms with Crippen molar-refractivity contribution in [2.24, 2.45) is 10.7 Å². The first-order valence-electron chi connectivity index (χ1n) is 7.68. The van der Waals surface area contributed by atoms with Crippen LogP contribution in [0.3, 0.4) is 0 Å². The Labute approximate surface area is 134 Å². The minimum Gasteiger partial charge on any atom is -0.370 e. The standard InChI is InChI=1S/C17H20F3N3/c18-17(19,20)14-10-8-13(9-11-14)5-4-12-22-16(21)23-15-6-2-1-3-7-15/h8-11,15H,1-3,6-7,12H2,(H3,21,22,23). The van der Waals surface area contributed by atoms with Crippen LogP contribution in [0, 0.1) is 11.8 Å². The van der Waals surface area contributed by atoms with E-state index >= 15 is 0 Å². The molecule has 1 saturated carbocycles. The number of aliphatic imine (C=N–C) groups is 1. The van der Waals surface area contributed by atoms with Crippen molar-refractivity contribution in [1.29, 1.82) is 0 Å². The van der Waals surface area contributed by atoms with Crippen LogP contribution in [0.1, 0.15) is 43.2 Å². The van der Waals surface area contributed by atoms with E-state index in [0.29, 0.717) is 17.6 Å². The summed E-state index contributed by atoms with van der Waals surface area (Å²) in [6.45, 7) is 0.215. The second-order valence-electron chi connectivity index (χ2n) is 5.56. The van der Waals surface area contributed by atoms with Crippen LogP contribution in [0.4, 0.5) is 13.2 Å². The van der Waals surface area contributed by atoms with Gasteiger partial charge in [-0.2, -0.15) is 13.2 Å². The lowest BCUT2D eigenvalue weighted by Gasteiger charge is -2.22. The zero-order valence-corrected chi connectivity index (χ0v) is 12.8. The molecule has 1 aliphatic rings. The highest BCUT2D eigenvalue weighted by Gasteiger charge is 2.29. The average Bonchev–Trinajstić information content (AvgIpc) is 2.52. The fourth-order valence-electron chi connectivity index (χ4n) is 2.51. The quantitative estimate of drug-likeness (QED) is 0.498. The van der Waals surface area contributed by atoms with E-state index in [1.165, 1.54) is 31.4 Å². The summed E-state index contributed by atoms with van der Waals surface area (Å²) in [5.74, 6) is 5.94. The Bertz CT molecular complexity index is 588. The molecule has 0 atom stereocenters. The predicted octanol–water partition coefficient (Wildman–Crippen LogP) is 3.29. The summed E-state index contributed by atoms with van der Waals surface area (Å²) in [5, 5.41) is 3.18. The summed E-state index contributed by atoms with van der Waals surface area (Å²) in [6.07, 6.45) is 1.57. The number of benzene rings is 1. The highest BCUT2D eigenvalue weighted by molar-refractivity contribution is 5.78. The molecule has 0 unspecified atom stereocenters. The Morgan fingerprint density at radius 1 is 1.17 bits per heavy atom. The van der Waals surface area contributed by atoms with Gasteiger partial charge in [0, 0.05) is 11.6 Å². The molecule has 0 amide bonds. The molecule has 0 aromatic heterocycles. The van der Waals surface area contributed by atoms with E-state index in [4.69, 9.17) is 5.73 Å². The van der Waals surface area contributed by atoms with Crippen LogP contribution in [0.5, 0.6) is 0 Å². The molecule has 1 fully saturated rings. The van der Waals surface area contributed by atoms with Gasteiger partial charge in [0.1, 0.15) is 6.54 Å². The van der Waals surface area contributed by atoms with Gasteiger partial charge >= 0.3 is 6.18 Å². The molecule has 6 heteroatoms. The lowest BCUT2D eigenvalue weighted by molar-refractivity contribution is -0.137. The number of alkyl halides is 3. The summed E-state index contributed by atoms with van der Waals surface area (Å²) in [4.78, 5) is 4.12. The minimum absolute atomic E-state index is 0.215. The van der Waals surface area contributed by atoms with E-state index in [-0.39, 0.29) is 6.54 Å². The van der Waals surface area contributed by atoms with Crippen molar-refractivity contribution in [3.63, 3.8) is 0 Å². The van der Waals surface area contributed by atoms with Crippen LogP contribution in [-0.2, 0) is 6.18 Å². The smallest absolute Gasteiger partial charge is 0.370 e. The van der Waals surface area contributed by atoms with Crippen LogP contribution in [0.2, 0.25) is 0 Å². The van der Waals surface area contributed by atoms with Crippen LogP contribution >= 0.6 is 0 Å². The number of halogens is 3. The van der Waals surface area contributed by atoms with Gasteiger partial charge in [-0.05, 0) is 37.1 Å². The van der Waals surface area contributed by atoms with Gasteiger partial charge in [-0.3, -0.25) is 0 Å². The summed E-state index contributed by atoms with van der Waals surface area (Å²) in [6, 6.07) is 5.13. The maximum absolute atomic E-state index is 12.4. The molecule has 1 aromatic rings. The highest BCUT2D eigenvalue weighted by atomic mass is 19.4. The normalized spacial score (nSPS) is 16.6. The van der Waals surface area contributed by atoms with Gasteiger partial charge in [-0.15, -0.1) is 0 Å². The topological polar surface area (TPSA) is 50.4 Å². The SMILES string of the molecule is NC(=NCC#Cc1ccc(C(F)(F)F)cc1)NC1CCCCC1. The zero-order chi connectivity index (χ0) is 16.7. The molecule has 0 aliphatic heterocycles. The number of guanidine groups is 1. The molecule has 0 radical (unpaired) electrons. The Hall–Kier alpha value is -2.16. The molecule has 124 valence electrons. The average molecular weight is 323 g/mol. The molecule has 2 rings (SSSR count). The van der Waals surface area contributed by atoms with Gasteiger partial charge < -0.3 is 11.1 Å². The van der Waals surface area contributed by atoms with Gasteiger partial charge in [0.05, 0.1) is 5.56 Å².